The van der Waals surface area contributed by atoms with Crippen LogP contribution in [0.4, 0.5) is 0 Å². The zero-order valence-corrected chi connectivity index (χ0v) is 15.2. The molecule has 4 rings (SSSR count). The average molecular weight is 403 g/mol. The van der Waals surface area contributed by atoms with E-state index in [1.165, 1.54) is 6.07 Å². The van der Waals surface area contributed by atoms with Crippen LogP contribution in [0.1, 0.15) is 41.4 Å². The molecule has 0 fully saturated rings. The van der Waals surface area contributed by atoms with Gasteiger partial charge in [0.15, 0.2) is 0 Å². The molecule has 1 aliphatic carbocycles. The number of nitrogens with two attached hydrogens (primary N) is 1. The Hall–Kier alpha value is -4.46. The van der Waals surface area contributed by atoms with Gasteiger partial charge in [0.05, 0.1) is 22.3 Å². The van der Waals surface area contributed by atoms with E-state index in [-0.39, 0.29) is 11.1 Å². The van der Waals surface area contributed by atoms with Crippen LogP contribution < -0.4 is 5.73 Å². The highest BCUT2D eigenvalue weighted by molar-refractivity contribution is 6.20. The summed E-state index contributed by atoms with van der Waals surface area (Å²) in [5.74, 6) is -6.03. The van der Waals surface area contributed by atoms with Crippen LogP contribution in [0.3, 0.4) is 0 Å². The van der Waals surface area contributed by atoms with Gasteiger partial charge in [-0.2, -0.15) is 0 Å². The summed E-state index contributed by atoms with van der Waals surface area (Å²) in [5.41, 5.74) is 5.72. The summed E-state index contributed by atoms with van der Waals surface area (Å²) in [6, 6.07) is 12.9. The van der Waals surface area contributed by atoms with Gasteiger partial charge in [0.25, 0.3) is 0 Å². The first-order chi connectivity index (χ1) is 14.2. The zero-order valence-electron chi connectivity index (χ0n) is 15.2. The molecule has 0 aliphatic heterocycles. The maximum Gasteiger partial charge on any atom is 0.337 e. The molecule has 0 heterocycles. The van der Waals surface area contributed by atoms with Crippen molar-refractivity contribution in [1.82, 2.24) is 0 Å². The SMILES string of the molecule is NC(=O)c1c(C(=O)O)cc(C(=O)O)c(C(=O)O)c1-c1cccc2c1-c1ccccc1-2. The number of hydrogen-bond donors (Lipinski definition) is 4. The molecule has 1 aliphatic rings. The maximum absolute atomic E-state index is 12.3. The molecular weight excluding hydrogens is 390 g/mol. The second-order valence-corrected chi connectivity index (χ2v) is 6.65. The van der Waals surface area contributed by atoms with Crippen molar-refractivity contribution in [2.24, 2.45) is 5.73 Å². The fourth-order valence-electron chi connectivity index (χ4n) is 3.92. The fraction of sp³-hybridized carbons (Fsp3) is 0. The minimum absolute atomic E-state index is 0.225. The van der Waals surface area contributed by atoms with Crippen molar-refractivity contribution in [2.75, 3.05) is 0 Å². The maximum atomic E-state index is 12.3. The third-order valence-corrected chi connectivity index (χ3v) is 5.07. The van der Waals surface area contributed by atoms with E-state index in [1.54, 1.807) is 24.3 Å². The summed E-state index contributed by atoms with van der Waals surface area (Å²) in [4.78, 5) is 47.9. The average Bonchev–Trinajstić information content (AvgIpc) is 2.69. The van der Waals surface area contributed by atoms with Crippen molar-refractivity contribution in [3.63, 3.8) is 0 Å². The van der Waals surface area contributed by atoms with Gasteiger partial charge in [0.1, 0.15) is 0 Å². The first-order valence-electron chi connectivity index (χ1n) is 8.67. The molecule has 5 N–H and O–H groups in total. The number of carbonyl (C=O) groups is 4. The smallest absolute Gasteiger partial charge is 0.337 e. The highest BCUT2D eigenvalue weighted by Crippen LogP contribution is 2.52. The molecule has 0 bridgehead atoms. The number of aromatic carboxylic acids is 3. The molecule has 0 spiro atoms. The Labute approximate surface area is 168 Å². The Morgan fingerprint density at radius 2 is 1.13 bits per heavy atom. The van der Waals surface area contributed by atoms with Gasteiger partial charge in [-0.3, -0.25) is 4.79 Å². The second kappa shape index (κ2) is 6.56. The lowest BCUT2D eigenvalue weighted by molar-refractivity contribution is 0.0649. The zero-order chi connectivity index (χ0) is 21.7. The molecule has 3 aromatic rings. The van der Waals surface area contributed by atoms with E-state index < -0.39 is 46.1 Å². The number of carbonyl (C=O) groups excluding carboxylic acids is 1. The van der Waals surface area contributed by atoms with Crippen LogP contribution in [0.25, 0.3) is 33.4 Å². The summed E-state index contributed by atoms with van der Waals surface area (Å²) >= 11 is 0. The highest BCUT2D eigenvalue weighted by Gasteiger charge is 2.34. The van der Waals surface area contributed by atoms with Gasteiger partial charge >= 0.3 is 17.9 Å². The van der Waals surface area contributed by atoms with Crippen LogP contribution in [-0.2, 0) is 0 Å². The minimum Gasteiger partial charge on any atom is -0.478 e. The summed E-state index contributed by atoms with van der Waals surface area (Å²) in [7, 11) is 0. The Bertz CT molecular complexity index is 1260. The van der Waals surface area contributed by atoms with Crippen LogP contribution >= 0.6 is 0 Å². The van der Waals surface area contributed by atoms with Crippen molar-refractivity contribution in [2.45, 2.75) is 0 Å². The molecule has 1 amide bonds. The molecule has 8 heteroatoms. The summed E-state index contributed by atoms with van der Waals surface area (Å²) in [6.07, 6.45) is 0. The Balaban J connectivity index is 2.20. The lowest BCUT2D eigenvalue weighted by atomic mass is 9.74. The Kier molecular flexibility index (Phi) is 4.13. The fourth-order valence-corrected chi connectivity index (χ4v) is 3.92. The molecular formula is C22H13NO7. The second-order valence-electron chi connectivity index (χ2n) is 6.65. The largest absolute Gasteiger partial charge is 0.478 e. The number of primary amides is 1. The Morgan fingerprint density at radius 3 is 1.70 bits per heavy atom. The van der Waals surface area contributed by atoms with E-state index in [9.17, 15) is 34.5 Å². The molecule has 3 aromatic carbocycles. The number of carboxylic acid groups (broad SMARTS) is 3. The number of hydrogen-bond acceptors (Lipinski definition) is 4. The van der Waals surface area contributed by atoms with Gasteiger partial charge in [0, 0.05) is 5.56 Å². The molecule has 0 saturated carbocycles. The van der Waals surface area contributed by atoms with E-state index in [0.717, 1.165) is 16.7 Å². The third-order valence-electron chi connectivity index (χ3n) is 5.07. The lowest BCUT2D eigenvalue weighted by Gasteiger charge is -2.28. The number of fused-ring (bicyclic) bond motifs is 4. The van der Waals surface area contributed by atoms with Crippen molar-refractivity contribution in [3.8, 4) is 33.4 Å². The van der Waals surface area contributed by atoms with Gasteiger partial charge in [-0.15, -0.1) is 0 Å². The summed E-state index contributed by atoms with van der Waals surface area (Å²) < 4.78 is 0. The first kappa shape index (κ1) is 18.9. The van der Waals surface area contributed by atoms with Gasteiger partial charge in [-0.25, -0.2) is 14.4 Å². The predicted molar refractivity (Wildman–Crippen MR) is 106 cm³/mol. The van der Waals surface area contributed by atoms with E-state index >= 15 is 0 Å². The summed E-state index contributed by atoms with van der Waals surface area (Å²) in [6.45, 7) is 0. The van der Waals surface area contributed by atoms with E-state index in [4.69, 9.17) is 5.73 Å². The molecule has 0 aromatic heterocycles. The number of carboxylic acids is 3. The number of rotatable bonds is 5. The first-order valence-corrected chi connectivity index (χ1v) is 8.67. The molecule has 148 valence electrons. The number of benzene rings is 3. The lowest BCUT2D eigenvalue weighted by Crippen LogP contribution is -2.23. The van der Waals surface area contributed by atoms with E-state index in [1.807, 2.05) is 12.1 Å². The van der Waals surface area contributed by atoms with Crippen molar-refractivity contribution in [1.29, 1.82) is 0 Å². The van der Waals surface area contributed by atoms with Gasteiger partial charge in [0.2, 0.25) is 5.91 Å². The molecule has 0 atom stereocenters. The van der Waals surface area contributed by atoms with Crippen molar-refractivity contribution < 1.29 is 34.5 Å². The van der Waals surface area contributed by atoms with Gasteiger partial charge in [-0.1, -0.05) is 42.5 Å². The van der Waals surface area contributed by atoms with Crippen LogP contribution in [0, 0.1) is 0 Å². The van der Waals surface area contributed by atoms with Gasteiger partial charge in [-0.05, 0) is 33.9 Å². The quantitative estimate of drug-likeness (QED) is 0.399. The van der Waals surface area contributed by atoms with Crippen molar-refractivity contribution in [3.05, 3.63) is 70.8 Å². The molecule has 0 unspecified atom stereocenters. The third kappa shape index (κ3) is 2.55. The van der Waals surface area contributed by atoms with Crippen LogP contribution in [-0.4, -0.2) is 39.1 Å². The topological polar surface area (TPSA) is 155 Å². The highest BCUT2D eigenvalue weighted by atomic mass is 16.4. The van der Waals surface area contributed by atoms with Crippen LogP contribution in [0.5, 0.6) is 0 Å². The van der Waals surface area contributed by atoms with Crippen LogP contribution in [0.15, 0.2) is 48.5 Å². The molecule has 0 saturated heterocycles. The number of amides is 1. The Morgan fingerprint density at radius 1 is 0.600 bits per heavy atom. The molecule has 8 nitrogen and oxygen atoms in total. The van der Waals surface area contributed by atoms with E-state index in [2.05, 4.69) is 0 Å². The van der Waals surface area contributed by atoms with Gasteiger partial charge < -0.3 is 21.1 Å². The predicted octanol–water partition coefficient (Wildman–Crippen LogP) is 3.19. The van der Waals surface area contributed by atoms with E-state index in [0.29, 0.717) is 11.6 Å². The summed E-state index contributed by atoms with van der Waals surface area (Å²) in [5, 5.41) is 28.9. The normalized spacial score (nSPS) is 11.1. The minimum atomic E-state index is -1.64. The monoisotopic (exact) mass is 403 g/mol. The molecule has 30 heavy (non-hydrogen) atoms. The standard InChI is InChI=1S/C22H13NO7/c23-19(24)17-13(20(25)26)8-14(21(27)28)18(22(29)30)16(17)12-7-3-6-11-9-4-1-2-5-10(9)15(11)12/h1-8H,(H2,23,24)(H,25,26)(H,27,28)(H,29,30). The molecule has 0 radical (unpaired) electrons. The van der Waals surface area contributed by atoms with Crippen LogP contribution in [0.2, 0.25) is 0 Å². The van der Waals surface area contributed by atoms with Crippen molar-refractivity contribution >= 4 is 23.8 Å².